The Hall–Kier alpha value is -7.14. The molecule has 0 bridgehead atoms. The molecule has 30 heteroatoms. The third-order valence-electron chi connectivity index (χ3n) is 19.5. The van der Waals surface area contributed by atoms with Crippen LogP contribution in [-0.2, 0) is 88.0 Å². The molecular formula is C76H102N7O19S4+. The smallest absolute Gasteiger partial charge is 0.294 e. The largest absolute Gasteiger partial charge is 0.384 e. The van der Waals surface area contributed by atoms with Crippen molar-refractivity contribution in [3.63, 3.8) is 0 Å². The molecule has 1 aromatic heterocycles. The van der Waals surface area contributed by atoms with Crippen molar-refractivity contribution >= 4 is 80.5 Å². The first-order valence-electron chi connectivity index (χ1n) is 35.9. The van der Waals surface area contributed by atoms with E-state index >= 15 is 0 Å². The molecule has 578 valence electrons. The number of hydrogen-bond acceptors (Lipinski definition) is 19. The van der Waals surface area contributed by atoms with Crippen LogP contribution in [0, 0.1) is 12.3 Å². The van der Waals surface area contributed by atoms with Crippen molar-refractivity contribution in [2.75, 3.05) is 114 Å². The highest BCUT2D eigenvalue weighted by atomic mass is 32.2. The topological polar surface area (TPSA) is 372 Å². The molecule has 5 aromatic rings. The summed E-state index contributed by atoms with van der Waals surface area (Å²) in [6, 6.07) is 22.5. The number of aryl methyl sites for hydroxylation is 1. The number of Topliss-reactive ketones (excluding diaryl/α,β-unsaturated/α-hetero) is 1. The summed E-state index contributed by atoms with van der Waals surface area (Å²) in [6.45, 7) is 20.6. The maximum atomic E-state index is 13.0. The van der Waals surface area contributed by atoms with E-state index in [4.69, 9.17) is 34.5 Å². The molecule has 0 radical (unpaired) electrons. The van der Waals surface area contributed by atoms with Crippen molar-refractivity contribution in [3.05, 3.63) is 165 Å². The van der Waals surface area contributed by atoms with Gasteiger partial charge in [-0.1, -0.05) is 64.1 Å². The minimum Gasteiger partial charge on any atom is -0.384 e. The predicted molar refractivity (Wildman–Crippen MR) is 406 cm³/mol. The van der Waals surface area contributed by atoms with Crippen molar-refractivity contribution in [3.8, 4) is 5.69 Å². The number of primary amides is 1. The van der Waals surface area contributed by atoms with E-state index in [0.717, 1.165) is 63.5 Å². The maximum Gasteiger partial charge on any atom is 0.294 e. The van der Waals surface area contributed by atoms with Gasteiger partial charge in [0.25, 0.3) is 46.4 Å². The van der Waals surface area contributed by atoms with Crippen LogP contribution in [0.25, 0.3) is 11.3 Å². The fourth-order valence-electron chi connectivity index (χ4n) is 14.3. The van der Waals surface area contributed by atoms with Crippen molar-refractivity contribution in [2.45, 2.75) is 146 Å². The number of unbranched alkanes of at least 4 members (excludes halogenated alkanes) is 2. The lowest BCUT2D eigenvalue weighted by atomic mass is 9.75. The van der Waals surface area contributed by atoms with Crippen LogP contribution in [0.4, 0.5) is 17.1 Å². The zero-order valence-electron chi connectivity index (χ0n) is 61.5. The molecule has 0 atom stereocenters. The van der Waals surface area contributed by atoms with Crippen LogP contribution in [0.2, 0.25) is 0 Å². The molecule has 8 N–H and O–H groups in total. The second kappa shape index (κ2) is 35.9. The minimum absolute atomic E-state index is 0.0939. The lowest BCUT2D eigenvalue weighted by Gasteiger charge is -2.29. The number of anilines is 2. The quantitative estimate of drug-likeness (QED) is 0.0109. The number of rotatable bonds is 41. The average Bonchev–Trinajstić information content (AvgIpc) is 1.58. The van der Waals surface area contributed by atoms with Crippen LogP contribution in [0.1, 0.15) is 160 Å². The SMILES string of the molecule is Cc1nn(-c2ccc(C(N)=O)c(NCCCOCCOCCOCCOCCOCCCNCc3ccc(C4=C(/C=C/C5=[N+](CCCCS(=O)(=O)O)c6ccc(S(=O)(=O)O)cc6C5(C)C)CCC/C4=C\C=C4\N(CCCCS(=O)(=O)O)c5ccc(S(=O)(=O)O)cc5C4(C)C)cc3)c2)c2c1C(=O)CC(C)(C)C2. The first-order chi connectivity index (χ1) is 50.0. The number of carbonyl (C=O) groups excluding carboxylic acids is 2. The second-order valence-corrected chi connectivity index (χ2v) is 35.0. The number of nitrogens with zero attached hydrogens (tertiary/aromatic N) is 4. The van der Waals surface area contributed by atoms with Crippen LogP contribution >= 0.6 is 0 Å². The first-order valence-corrected chi connectivity index (χ1v) is 42.0. The fraction of sp³-hybridized carbons (Fsp3) is 0.500. The van der Waals surface area contributed by atoms with Gasteiger partial charge in [0.2, 0.25) is 5.69 Å². The lowest BCUT2D eigenvalue weighted by Crippen LogP contribution is -2.28. The van der Waals surface area contributed by atoms with Crippen LogP contribution in [0.5, 0.6) is 0 Å². The Morgan fingerprint density at radius 1 is 0.642 bits per heavy atom. The summed E-state index contributed by atoms with van der Waals surface area (Å²) in [7, 11) is -17.6. The van der Waals surface area contributed by atoms with Gasteiger partial charge in [0.15, 0.2) is 11.5 Å². The standard InChI is InChI=1S/C76H101N7O19S4/c1-53-71-67(50-74(2,3)51-68(71)84)83(80-53)58-23-26-61(73(77)85)64(47-58)79-32-14-36-99-38-40-101-42-44-102-43-41-100-39-37-98-35-13-31-78-52-54-17-19-57(20-18-54)72-55(21-29-69-75(4,5)62-48-59(105(92,93)94)24-27-65(62)81(69)33-8-10-45-103(86,87)88)15-12-16-56(72)22-30-70-76(6,7)63-49-60(106(95,96)97)25-28-66(63)82(70)34-9-11-46-104(89,90)91/h17-30,47-49,78H,8-16,31-46,50-52H2,1-7H3,(H6-,77,79,85,86,87,88,89,90,91,92,93,94,95,96,97)/p+1. The van der Waals surface area contributed by atoms with Gasteiger partial charge in [0.1, 0.15) is 6.54 Å². The van der Waals surface area contributed by atoms with E-state index in [1.54, 1.807) is 28.9 Å². The molecule has 26 nitrogen and oxygen atoms in total. The zero-order valence-corrected chi connectivity index (χ0v) is 64.8. The van der Waals surface area contributed by atoms with Gasteiger partial charge in [-0.05, 0) is 179 Å². The van der Waals surface area contributed by atoms with E-state index in [9.17, 15) is 61.5 Å². The molecule has 1 amide bonds. The van der Waals surface area contributed by atoms with E-state index < -0.39 is 68.7 Å². The summed E-state index contributed by atoms with van der Waals surface area (Å²) < 4.78 is 168. The van der Waals surface area contributed by atoms with Gasteiger partial charge in [-0.25, -0.2) is 4.68 Å². The van der Waals surface area contributed by atoms with E-state index in [1.807, 2.05) is 62.3 Å². The number of ether oxygens (including phenoxy) is 5. The number of fused-ring (bicyclic) bond motifs is 3. The fourth-order valence-corrected chi connectivity index (χ4v) is 16.4. The molecule has 0 unspecified atom stereocenters. The van der Waals surface area contributed by atoms with E-state index in [-0.39, 0.29) is 33.8 Å². The Balaban J connectivity index is 0.752. The third kappa shape index (κ3) is 22.1. The summed E-state index contributed by atoms with van der Waals surface area (Å²) in [6.07, 6.45) is 13.9. The summed E-state index contributed by atoms with van der Waals surface area (Å²) >= 11 is 0. The first kappa shape index (κ1) is 82.9. The maximum absolute atomic E-state index is 13.0. The molecule has 2 aliphatic carbocycles. The van der Waals surface area contributed by atoms with Gasteiger partial charge in [0, 0.05) is 85.9 Å². The summed E-state index contributed by atoms with van der Waals surface area (Å²) in [5, 5.41) is 11.5. The normalized spacial score (nSPS) is 17.3. The average molecular weight is 1550 g/mol. The number of benzene rings is 4. The van der Waals surface area contributed by atoms with Crippen molar-refractivity contribution < 1.29 is 89.7 Å². The Morgan fingerprint density at radius 3 is 1.83 bits per heavy atom. The number of allylic oxidation sites excluding steroid dienone is 8. The molecule has 4 aliphatic rings. The second-order valence-electron chi connectivity index (χ2n) is 29.0. The third-order valence-corrected chi connectivity index (χ3v) is 22.8. The molecule has 3 heterocycles. The summed E-state index contributed by atoms with van der Waals surface area (Å²) in [5.74, 6) is -1.32. The minimum atomic E-state index is -4.57. The van der Waals surface area contributed by atoms with Crippen LogP contribution in [0.3, 0.4) is 0 Å². The number of nitrogens with one attached hydrogen (secondary N) is 2. The van der Waals surface area contributed by atoms with Crippen molar-refractivity contribution in [2.24, 2.45) is 11.1 Å². The highest BCUT2D eigenvalue weighted by Crippen LogP contribution is 2.50. The molecule has 2 aliphatic heterocycles. The Kier molecular flexibility index (Phi) is 28.1. The number of amides is 1. The molecule has 0 spiro atoms. The summed E-state index contributed by atoms with van der Waals surface area (Å²) in [4.78, 5) is 26.8. The van der Waals surface area contributed by atoms with E-state index in [1.165, 1.54) is 24.3 Å². The Morgan fingerprint density at radius 2 is 1.23 bits per heavy atom. The molecule has 0 saturated heterocycles. The van der Waals surface area contributed by atoms with Crippen molar-refractivity contribution in [1.29, 1.82) is 0 Å². The highest BCUT2D eigenvalue weighted by molar-refractivity contribution is 7.86. The highest BCUT2D eigenvalue weighted by Gasteiger charge is 2.46. The number of aromatic nitrogens is 2. The van der Waals surface area contributed by atoms with Gasteiger partial charge in [-0.15, -0.1) is 0 Å². The molecule has 0 saturated carbocycles. The van der Waals surface area contributed by atoms with E-state index in [2.05, 4.69) is 60.9 Å². The van der Waals surface area contributed by atoms with Crippen molar-refractivity contribution in [1.82, 2.24) is 15.1 Å². The lowest BCUT2D eigenvalue weighted by molar-refractivity contribution is -0.438. The van der Waals surface area contributed by atoms with Gasteiger partial charge >= 0.3 is 0 Å². The number of nitrogens with two attached hydrogens (primary N) is 1. The molecule has 0 fully saturated rings. The molecule has 9 rings (SSSR count). The van der Waals surface area contributed by atoms with Crippen LogP contribution < -0.4 is 21.3 Å². The van der Waals surface area contributed by atoms with Gasteiger partial charge in [0.05, 0.1) is 108 Å². The van der Waals surface area contributed by atoms with Gasteiger partial charge < -0.3 is 45.0 Å². The Bertz CT molecular complexity index is 4650. The Labute approximate surface area is 623 Å². The van der Waals surface area contributed by atoms with E-state index in [0.29, 0.717) is 189 Å². The van der Waals surface area contributed by atoms with Gasteiger partial charge in [-0.2, -0.15) is 43.3 Å². The monoisotopic (exact) mass is 1540 g/mol. The predicted octanol–water partition coefficient (Wildman–Crippen LogP) is 10.5. The number of ketones is 1. The van der Waals surface area contributed by atoms with Crippen LogP contribution in [0.15, 0.2) is 130 Å². The molecular weight excluding hydrogens is 1440 g/mol. The number of hydrogen-bond donors (Lipinski definition) is 7. The number of carbonyl (C=O) groups is 2. The van der Waals surface area contributed by atoms with Gasteiger partial charge in [-0.3, -0.25) is 27.8 Å². The summed E-state index contributed by atoms with van der Waals surface area (Å²) in [5.41, 5.74) is 17.0. The zero-order chi connectivity index (χ0) is 76.8. The van der Waals surface area contributed by atoms with Crippen LogP contribution in [-0.4, -0.2) is 187 Å². The molecule has 106 heavy (non-hydrogen) atoms. The molecule has 4 aromatic carbocycles.